The Hall–Kier alpha value is -0.610. The van der Waals surface area contributed by atoms with Gasteiger partial charge in [0.05, 0.1) is 18.8 Å². The lowest BCUT2D eigenvalue weighted by Gasteiger charge is -2.24. The molecule has 0 saturated heterocycles. The van der Waals surface area contributed by atoms with Gasteiger partial charge in [-0.05, 0) is 33.6 Å². The van der Waals surface area contributed by atoms with E-state index >= 15 is 0 Å². The summed E-state index contributed by atoms with van der Waals surface area (Å²) in [5, 5.41) is 0. The van der Waals surface area contributed by atoms with Gasteiger partial charge in [0.1, 0.15) is 0 Å². The highest BCUT2D eigenvalue weighted by Crippen LogP contribution is 2.14. The fraction of sp³-hybridized carbons (Fsp3) is 0.923. The van der Waals surface area contributed by atoms with Crippen molar-refractivity contribution in [3.63, 3.8) is 0 Å². The van der Waals surface area contributed by atoms with E-state index in [1.54, 1.807) is 14.0 Å². The standard InChI is InChI=1S/C13H26O4/c1-6-8-11(12(14)16-7-2)17-10-9-13(3,4)15-5/h11H,6-10H2,1-5H3. The minimum atomic E-state index is -0.437. The quantitative estimate of drug-likeness (QED) is 0.586. The summed E-state index contributed by atoms with van der Waals surface area (Å²) in [6.07, 6.45) is 1.92. The largest absolute Gasteiger partial charge is 0.464 e. The van der Waals surface area contributed by atoms with Crippen molar-refractivity contribution in [1.82, 2.24) is 0 Å². The van der Waals surface area contributed by atoms with Gasteiger partial charge in [-0.1, -0.05) is 13.3 Å². The zero-order valence-corrected chi connectivity index (χ0v) is 11.7. The van der Waals surface area contributed by atoms with E-state index in [1.807, 2.05) is 20.8 Å². The molecule has 0 bridgehead atoms. The predicted molar refractivity (Wildman–Crippen MR) is 67.0 cm³/mol. The zero-order chi connectivity index (χ0) is 13.3. The lowest BCUT2D eigenvalue weighted by Crippen LogP contribution is -2.30. The van der Waals surface area contributed by atoms with Crippen molar-refractivity contribution < 1.29 is 19.0 Å². The van der Waals surface area contributed by atoms with Crippen LogP contribution in [-0.4, -0.2) is 38.0 Å². The van der Waals surface area contributed by atoms with Gasteiger partial charge in [0.25, 0.3) is 0 Å². The molecule has 0 aliphatic carbocycles. The third-order valence-corrected chi connectivity index (χ3v) is 2.68. The maximum Gasteiger partial charge on any atom is 0.335 e. The predicted octanol–water partition coefficient (Wildman–Crippen LogP) is 2.55. The number of carbonyl (C=O) groups is 1. The van der Waals surface area contributed by atoms with Crippen LogP contribution in [0.5, 0.6) is 0 Å². The molecule has 1 unspecified atom stereocenters. The van der Waals surface area contributed by atoms with Gasteiger partial charge in [0.15, 0.2) is 6.10 Å². The van der Waals surface area contributed by atoms with Gasteiger partial charge in [0, 0.05) is 7.11 Å². The van der Waals surface area contributed by atoms with E-state index in [-0.39, 0.29) is 11.6 Å². The summed E-state index contributed by atoms with van der Waals surface area (Å²) in [7, 11) is 1.68. The van der Waals surface area contributed by atoms with Crippen molar-refractivity contribution in [3.8, 4) is 0 Å². The Labute approximate surface area is 105 Å². The second kappa shape index (κ2) is 8.48. The number of esters is 1. The van der Waals surface area contributed by atoms with Crippen molar-refractivity contribution in [2.75, 3.05) is 20.3 Å². The molecule has 0 amide bonds. The van der Waals surface area contributed by atoms with Gasteiger partial charge in [-0.25, -0.2) is 4.79 Å². The molecule has 102 valence electrons. The number of rotatable bonds is 9. The molecular weight excluding hydrogens is 220 g/mol. The summed E-state index contributed by atoms with van der Waals surface area (Å²) < 4.78 is 15.8. The van der Waals surface area contributed by atoms with Gasteiger partial charge in [-0.15, -0.1) is 0 Å². The van der Waals surface area contributed by atoms with Crippen LogP contribution in [0.25, 0.3) is 0 Å². The van der Waals surface area contributed by atoms with Crippen molar-refractivity contribution in [1.29, 1.82) is 0 Å². The Morgan fingerprint density at radius 3 is 2.41 bits per heavy atom. The molecule has 0 aliphatic rings. The van der Waals surface area contributed by atoms with E-state index in [0.29, 0.717) is 19.6 Å². The topological polar surface area (TPSA) is 44.8 Å². The number of methoxy groups -OCH3 is 1. The van der Waals surface area contributed by atoms with Crippen LogP contribution in [0.3, 0.4) is 0 Å². The van der Waals surface area contributed by atoms with E-state index in [9.17, 15) is 4.79 Å². The van der Waals surface area contributed by atoms with E-state index in [1.165, 1.54) is 0 Å². The lowest BCUT2D eigenvalue weighted by atomic mass is 10.1. The van der Waals surface area contributed by atoms with Crippen molar-refractivity contribution in [2.45, 2.75) is 58.7 Å². The maximum atomic E-state index is 11.6. The third-order valence-electron chi connectivity index (χ3n) is 2.68. The Morgan fingerprint density at radius 1 is 1.29 bits per heavy atom. The summed E-state index contributed by atoms with van der Waals surface area (Å²) in [6.45, 7) is 8.71. The van der Waals surface area contributed by atoms with Gasteiger partial charge in [-0.2, -0.15) is 0 Å². The van der Waals surface area contributed by atoms with Crippen LogP contribution in [0.15, 0.2) is 0 Å². The van der Waals surface area contributed by atoms with Crippen LogP contribution in [0.1, 0.15) is 47.0 Å². The van der Waals surface area contributed by atoms with Crippen LogP contribution < -0.4 is 0 Å². The van der Waals surface area contributed by atoms with Gasteiger partial charge in [0.2, 0.25) is 0 Å². The molecule has 0 aromatic carbocycles. The Kier molecular flexibility index (Phi) is 8.17. The second-order valence-electron chi connectivity index (χ2n) is 4.61. The molecular formula is C13H26O4. The number of ether oxygens (including phenoxy) is 3. The smallest absolute Gasteiger partial charge is 0.335 e. The van der Waals surface area contributed by atoms with Gasteiger partial charge in [-0.3, -0.25) is 0 Å². The fourth-order valence-electron chi connectivity index (χ4n) is 1.32. The summed E-state index contributed by atoms with van der Waals surface area (Å²) in [5.41, 5.74) is -0.217. The Morgan fingerprint density at radius 2 is 1.94 bits per heavy atom. The monoisotopic (exact) mass is 246 g/mol. The molecule has 1 atom stereocenters. The first-order valence-electron chi connectivity index (χ1n) is 6.30. The first-order valence-corrected chi connectivity index (χ1v) is 6.30. The van der Waals surface area contributed by atoms with E-state index in [0.717, 1.165) is 12.8 Å². The minimum absolute atomic E-state index is 0.217. The molecule has 0 rings (SSSR count). The molecule has 17 heavy (non-hydrogen) atoms. The van der Waals surface area contributed by atoms with Crippen LogP contribution in [0.4, 0.5) is 0 Å². The normalized spacial score (nSPS) is 13.5. The summed E-state index contributed by atoms with van der Waals surface area (Å²) in [6, 6.07) is 0. The third kappa shape index (κ3) is 7.34. The van der Waals surface area contributed by atoms with E-state index in [4.69, 9.17) is 14.2 Å². The minimum Gasteiger partial charge on any atom is -0.464 e. The van der Waals surface area contributed by atoms with Gasteiger partial charge < -0.3 is 14.2 Å². The van der Waals surface area contributed by atoms with E-state index in [2.05, 4.69) is 0 Å². The summed E-state index contributed by atoms with van der Waals surface area (Å²) >= 11 is 0. The second-order valence-corrected chi connectivity index (χ2v) is 4.61. The molecule has 4 heteroatoms. The highest BCUT2D eigenvalue weighted by Gasteiger charge is 2.22. The van der Waals surface area contributed by atoms with Crippen molar-refractivity contribution in [2.24, 2.45) is 0 Å². The highest BCUT2D eigenvalue weighted by molar-refractivity contribution is 5.74. The van der Waals surface area contributed by atoms with Crippen LogP contribution in [0, 0.1) is 0 Å². The Balaban J connectivity index is 4.05. The van der Waals surface area contributed by atoms with Crippen molar-refractivity contribution >= 4 is 5.97 Å². The molecule has 0 spiro atoms. The average molecular weight is 246 g/mol. The molecule has 0 aromatic rings. The molecule has 0 aromatic heterocycles. The Bertz CT molecular complexity index is 213. The number of hydrogen-bond donors (Lipinski definition) is 0. The maximum absolute atomic E-state index is 11.6. The fourth-order valence-corrected chi connectivity index (χ4v) is 1.32. The summed E-state index contributed by atoms with van der Waals surface area (Å²) in [5.74, 6) is -0.260. The molecule has 0 aliphatic heterocycles. The molecule has 0 saturated carbocycles. The highest BCUT2D eigenvalue weighted by atomic mass is 16.6. The number of hydrogen-bond acceptors (Lipinski definition) is 4. The van der Waals surface area contributed by atoms with E-state index < -0.39 is 6.10 Å². The van der Waals surface area contributed by atoms with Crippen LogP contribution in [-0.2, 0) is 19.0 Å². The molecule has 0 fully saturated rings. The van der Waals surface area contributed by atoms with Crippen molar-refractivity contribution in [3.05, 3.63) is 0 Å². The first-order chi connectivity index (χ1) is 7.96. The van der Waals surface area contributed by atoms with Gasteiger partial charge >= 0.3 is 5.97 Å². The zero-order valence-electron chi connectivity index (χ0n) is 11.7. The SMILES string of the molecule is CCCC(OCCC(C)(C)OC)C(=O)OCC. The lowest BCUT2D eigenvalue weighted by molar-refractivity contribution is -0.158. The number of carbonyl (C=O) groups excluding carboxylic acids is 1. The van der Waals surface area contributed by atoms with Crippen LogP contribution >= 0.6 is 0 Å². The molecule has 0 heterocycles. The van der Waals surface area contributed by atoms with Crippen LogP contribution in [0.2, 0.25) is 0 Å². The summed E-state index contributed by atoms with van der Waals surface area (Å²) in [4.78, 5) is 11.6. The molecule has 0 N–H and O–H groups in total. The average Bonchev–Trinajstić information content (AvgIpc) is 2.28. The first kappa shape index (κ1) is 16.4. The molecule has 0 radical (unpaired) electrons. The molecule has 4 nitrogen and oxygen atoms in total.